The summed E-state index contributed by atoms with van der Waals surface area (Å²) in [5, 5.41) is 24.1. The third kappa shape index (κ3) is 6.47. The standard InChI is InChI=1S/C19H14Cl3NO2.C12H14O3/c20-12-3-1-4-13(9-12)24-10-14-18(23-25-19(14)11-7-8-11)17-15(21)5-2-6-16(17)22;1-7-2-3-8(12(14)15)6-11(7)9-4-10(13)5-9/h1-6,9,11H,7-8,10H2;2-3,6,9-10,13H,4-5H2,1H3,(H,14,15). The van der Waals surface area contributed by atoms with Crippen LogP contribution in [0.25, 0.3) is 11.3 Å². The number of hydrogen-bond acceptors (Lipinski definition) is 5. The predicted molar refractivity (Wildman–Crippen MR) is 156 cm³/mol. The number of aliphatic hydroxyl groups is 1. The van der Waals surface area contributed by atoms with Gasteiger partial charge in [0.15, 0.2) is 0 Å². The topological polar surface area (TPSA) is 92.8 Å². The molecule has 2 N–H and O–H groups in total. The predicted octanol–water partition coefficient (Wildman–Crippen LogP) is 8.69. The highest BCUT2D eigenvalue weighted by atomic mass is 35.5. The SMILES string of the molecule is Cc1ccc(C(=O)O)cc1C1CC(O)C1.Clc1cccc(OCc2c(-c3c(Cl)cccc3Cl)noc2C2CC2)c1. The number of ether oxygens (including phenoxy) is 1. The van der Waals surface area contributed by atoms with Crippen LogP contribution in [0.4, 0.5) is 0 Å². The Hall–Kier alpha value is -3.03. The highest BCUT2D eigenvalue weighted by molar-refractivity contribution is 6.39. The van der Waals surface area contributed by atoms with Crippen LogP contribution in [0.5, 0.6) is 5.75 Å². The highest BCUT2D eigenvalue weighted by Crippen LogP contribution is 2.46. The molecule has 9 heteroatoms. The van der Waals surface area contributed by atoms with Crippen LogP contribution in [0.3, 0.4) is 0 Å². The van der Waals surface area contributed by atoms with Crippen molar-refractivity contribution in [3.63, 3.8) is 0 Å². The quantitative estimate of drug-likeness (QED) is 0.220. The van der Waals surface area contributed by atoms with Gasteiger partial charge in [0, 0.05) is 16.5 Å². The van der Waals surface area contributed by atoms with Crippen LogP contribution in [0, 0.1) is 6.92 Å². The summed E-state index contributed by atoms with van der Waals surface area (Å²) in [6.45, 7) is 2.29. The molecule has 1 heterocycles. The van der Waals surface area contributed by atoms with E-state index in [1.54, 1.807) is 42.5 Å². The van der Waals surface area contributed by atoms with Gasteiger partial charge in [-0.15, -0.1) is 0 Å². The number of carboxylic acids is 1. The molecule has 2 fully saturated rings. The zero-order valence-electron chi connectivity index (χ0n) is 21.7. The molecule has 40 heavy (non-hydrogen) atoms. The van der Waals surface area contributed by atoms with Crippen molar-refractivity contribution in [1.29, 1.82) is 0 Å². The summed E-state index contributed by atoms with van der Waals surface area (Å²) >= 11 is 18.7. The van der Waals surface area contributed by atoms with Gasteiger partial charge in [-0.25, -0.2) is 4.79 Å². The fraction of sp³-hybridized carbons (Fsp3) is 0.290. The van der Waals surface area contributed by atoms with Crippen molar-refractivity contribution in [2.45, 2.75) is 57.2 Å². The van der Waals surface area contributed by atoms with E-state index in [0.717, 1.165) is 48.1 Å². The number of hydrogen-bond donors (Lipinski definition) is 2. The van der Waals surface area contributed by atoms with Crippen LogP contribution in [-0.4, -0.2) is 27.4 Å². The number of halogens is 3. The fourth-order valence-electron chi connectivity index (χ4n) is 4.82. The summed E-state index contributed by atoms with van der Waals surface area (Å²) in [5.74, 6) is 1.37. The van der Waals surface area contributed by atoms with E-state index in [-0.39, 0.29) is 6.10 Å². The molecule has 0 unspecified atom stereocenters. The van der Waals surface area contributed by atoms with Crippen molar-refractivity contribution in [2.75, 3.05) is 0 Å². The maximum absolute atomic E-state index is 10.8. The van der Waals surface area contributed by atoms with E-state index in [0.29, 0.717) is 56.1 Å². The van der Waals surface area contributed by atoms with Gasteiger partial charge in [-0.3, -0.25) is 0 Å². The summed E-state index contributed by atoms with van der Waals surface area (Å²) < 4.78 is 11.5. The Kier molecular flexibility index (Phi) is 8.71. The molecular formula is C31H28Cl3NO5. The largest absolute Gasteiger partial charge is 0.489 e. The molecular weight excluding hydrogens is 573 g/mol. The minimum atomic E-state index is -0.892. The number of aliphatic hydroxyl groups excluding tert-OH is 1. The molecule has 0 radical (unpaired) electrons. The first-order chi connectivity index (χ1) is 19.2. The highest BCUT2D eigenvalue weighted by Gasteiger charge is 2.34. The fourth-order valence-corrected chi connectivity index (χ4v) is 5.57. The Balaban J connectivity index is 0.000000184. The van der Waals surface area contributed by atoms with Gasteiger partial charge < -0.3 is 19.5 Å². The second-order valence-electron chi connectivity index (χ2n) is 10.2. The molecule has 6 nitrogen and oxygen atoms in total. The Labute approximate surface area is 247 Å². The van der Waals surface area contributed by atoms with Crippen molar-refractivity contribution in [1.82, 2.24) is 5.16 Å². The van der Waals surface area contributed by atoms with Crippen LogP contribution >= 0.6 is 34.8 Å². The summed E-state index contributed by atoms with van der Waals surface area (Å²) in [6, 6.07) is 17.8. The molecule has 0 amide bonds. The van der Waals surface area contributed by atoms with E-state index in [1.165, 1.54) is 0 Å². The van der Waals surface area contributed by atoms with E-state index in [4.69, 9.17) is 49.2 Å². The van der Waals surface area contributed by atoms with E-state index in [1.807, 2.05) is 25.1 Å². The first kappa shape index (κ1) is 28.5. The van der Waals surface area contributed by atoms with Crippen LogP contribution in [0.15, 0.2) is 65.2 Å². The minimum Gasteiger partial charge on any atom is -0.489 e. The lowest BCUT2D eigenvalue weighted by atomic mass is 9.76. The van der Waals surface area contributed by atoms with Crippen LogP contribution in [0.2, 0.25) is 15.1 Å². The summed E-state index contributed by atoms with van der Waals surface area (Å²) in [6.07, 6.45) is 3.49. The van der Waals surface area contributed by atoms with E-state index in [9.17, 15) is 9.90 Å². The first-order valence-corrected chi connectivity index (χ1v) is 14.2. The zero-order valence-corrected chi connectivity index (χ0v) is 24.0. The number of aromatic carboxylic acids is 1. The van der Waals surface area contributed by atoms with Gasteiger partial charge in [0.2, 0.25) is 0 Å². The number of carbonyl (C=O) groups is 1. The lowest BCUT2D eigenvalue weighted by Gasteiger charge is -2.32. The maximum Gasteiger partial charge on any atom is 0.335 e. The summed E-state index contributed by atoms with van der Waals surface area (Å²) in [7, 11) is 0. The Bertz CT molecular complexity index is 1510. The number of benzene rings is 3. The van der Waals surface area contributed by atoms with E-state index >= 15 is 0 Å². The zero-order chi connectivity index (χ0) is 28.4. The number of aryl methyl sites for hydroxylation is 1. The van der Waals surface area contributed by atoms with E-state index in [2.05, 4.69) is 5.16 Å². The number of carboxylic acid groups (broad SMARTS) is 1. The van der Waals surface area contributed by atoms with Gasteiger partial charge >= 0.3 is 5.97 Å². The van der Waals surface area contributed by atoms with Crippen molar-refractivity contribution in [3.05, 3.63) is 104 Å². The van der Waals surface area contributed by atoms with Gasteiger partial charge in [0.25, 0.3) is 0 Å². The molecule has 2 aliphatic rings. The Morgan fingerprint density at radius 1 is 1.00 bits per heavy atom. The van der Waals surface area contributed by atoms with Gasteiger partial charge in [-0.05, 0) is 92.1 Å². The third-order valence-corrected chi connectivity index (χ3v) is 8.09. The molecule has 2 aliphatic carbocycles. The molecule has 0 saturated heterocycles. The molecule has 0 atom stereocenters. The number of nitrogens with zero attached hydrogens (tertiary/aromatic N) is 1. The van der Waals surface area contributed by atoms with E-state index < -0.39 is 5.97 Å². The lowest BCUT2D eigenvalue weighted by Crippen LogP contribution is -2.27. The molecule has 4 aromatic rings. The molecule has 208 valence electrons. The Morgan fingerprint density at radius 3 is 2.33 bits per heavy atom. The van der Waals surface area contributed by atoms with Crippen molar-refractivity contribution in [3.8, 4) is 17.0 Å². The second-order valence-corrected chi connectivity index (χ2v) is 11.4. The molecule has 1 aromatic heterocycles. The summed E-state index contributed by atoms with van der Waals surface area (Å²) in [4.78, 5) is 10.8. The molecule has 2 saturated carbocycles. The van der Waals surface area contributed by atoms with Crippen molar-refractivity contribution >= 4 is 40.8 Å². The lowest BCUT2D eigenvalue weighted by molar-refractivity contribution is 0.0695. The number of aromatic nitrogens is 1. The molecule has 0 bridgehead atoms. The molecule has 0 spiro atoms. The third-order valence-electron chi connectivity index (χ3n) is 7.22. The smallest absolute Gasteiger partial charge is 0.335 e. The summed E-state index contributed by atoms with van der Waals surface area (Å²) in [5.41, 5.74) is 4.71. The van der Waals surface area contributed by atoms with Gasteiger partial charge in [0.05, 0.1) is 27.3 Å². The first-order valence-electron chi connectivity index (χ1n) is 13.0. The molecule has 6 rings (SSSR count). The monoisotopic (exact) mass is 599 g/mol. The average Bonchev–Trinajstić information content (AvgIpc) is 3.66. The second kappa shape index (κ2) is 12.2. The van der Waals surface area contributed by atoms with Gasteiger partial charge in [-0.2, -0.15) is 0 Å². The van der Waals surface area contributed by atoms with Crippen LogP contribution in [0.1, 0.15) is 70.3 Å². The normalized spacial score (nSPS) is 17.9. The van der Waals surface area contributed by atoms with Crippen LogP contribution < -0.4 is 4.74 Å². The van der Waals surface area contributed by atoms with Gasteiger partial charge in [-0.1, -0.05) is 58.2 Å². The number of rotatable bonds is 7. The van der Waals surface area contributed by atoms with Crippen molar-refractivity contribution in [2.24, 2.45) is 0 Å². The average molecular weight is 601 g/mol. The molecule has 3 aromatic carbocycles. The Morgan fingerprint density at radius 2 is 1.70 bits per heavy atom. The minimum absolute atomic E-state index is 0.206. The van der Waals surface area contributed by atoms with Crippen molar-refractivity contribution < 1.29 is 24.3 Å². The maximum atomic E-state index is 10.8. The van der Waals surface area contributed by atoms with Gasteiger partial charge in [0.1, 0.15) is 23.8 Å². The molecule has 0 aliphatic heterocycles. The van der Waals surface area contributed by atoms with Crippen LogP contribution in [-0.2, 0) is 6.61 Å².